The van der Waals surface area contributed by atoms with Crippen molar-refractivity contribution in [1.29, 1.82) is 0 Å². The van der Waals surface area contributed by atoms with Gasteiger partial charge in [-0.25, -0.2) is 4.98 Å². The van der Waals surface area contributed by atoms with E-state index in [1.807, 2.05) is 0 Å². The van der Waals surface area contributed by atoms with Crippen LogP contribution in [0.5, 0.6) is 0 Å². The third-order valence-electron chi connectivity index (χ3n) is 4.85. The number of nitrogens with zero attached hydrogens (tertiary/aromatic N) is 3. The van der Waals surface area contributed by atoms with Crippen molar-refractivity contribution in [3.8, 4) is 0 Å². The predicted molar refractivity (Wildman–Crippen MR) is 82.9 cm³/mol. The molecule has 0 spiro atoms. The molecule has 20 heavy (non-hydrogen) atoms. The number of carbonyl (C=O) groups is 1. The fourth-order valence-corrected chi connectivity index (χ4v) is 4.30. The van der Waals surface area contributed by atoms with Crippen LogP contribution in [0.25, 0.3) is 0 Å². The average Bonchev–Trinajstić information content (AvgIpc) is 2.78. The van der Waals surface area contributed by atoms with Crippen molar-refractivity contribution in [1.82, 2.24) is 9.88 Å². The summed E-state index contributed by atoms with van der Waals surface area (Å²) in [6, 6.07) is 0. The maximum atomic E-state index is 11.9. The number of fused-ring (bicyclic) bond motifs is 1. The molecule has 110 valence electrons. The van der Waals surface area contributed by atoms with Crippen molar-refractivity contribution < 1.29 is 4.79 Å². The molecule has 0 amide bonds. The van der Waals surface area contributed by atoms with Crippen LogP contribution in [0.4, 0.5) is 5.13 Å². The van der Waals surface area contributed by atoms with Crippen LogP contribution in [-0.2, 0) is 6.42 Å². The summed E-state index contributed by atoms with van der Waals surface area (Å²) in [5.74, 6) is 0.286. The zero-order chi connectivity index (χ0) is 14.3. The van der Waals surface area contributed by atoms with Gasteiger partial charge in [0.25, 0.3) is 0 Å². The van der Waals surface area contributed by atoms with E-state index in [-0.39, 0.29) is 5.78 Å². The fourth-order valence-electron chi connectivity index (χ4n) is 3.26. The smallest absolute Gasteiger partial charge is 0.186 e. The first-order chi connectivity index (χ1) is 9.52. The van der Waals surface area contributed by atoms with E-state index in [1.165, 1.54) is 19.3 Å². The summed E-state index contributed by atoms with van der Waals surface area (Å²) >= 11 is 1.59. The zero-order valence-electron chi connectivity index (χ0n) is 12.6. The molecule has 1 saturated carbocycles. The van der Waals surface area contributed by atoms with Gasteiger partial charge in [0.15, 0.2) is 10.9 Å². The average molecular weight is 293 g/mol. The Kier molecular flexibility index (Phi) is 3.58. The maximum Gasteiger partial charge on any atom is 0.186 e. The number of anilines is 1. The maximum absolute atomic E-state index is 11.9. The van der Waals surface area contributed by atoms with E-state index in [4.69, 9.17) is 4.98 Å². The van der Waals surface area contributed by atoms with E-state index in [9.17, 15) is 4.79 Å². The number of thiazole rings is 1. The molecule has 2 aliphatic carbocycles. The highest BCUT2D eigenvalue weighted by atomic mass is 32.1. The molecule has 1 heterocycles. The molecule has 0 bridgehead atoms. The van der Waals surface area contributed by atoms with E-state index in [0.29, 0.717) is 12.0 Å². The third-order valence-corrected chi connectivity index (χ3v) is 6.10. The van der Waals surface area contributed by atoms with E-state index < -0.39 is 0 Å². The Morgan fingerprint density at radius 2 is 1.95 bits per heavy atom. The second-order valence-electron chi connectivity index (χ2n) is 6.38. The minimum atomic E-state index is 0.286. The molecular formula is C15H23N3OS. The molecule has 0 radical (unpaired) electrons. The second kappa shape index (κ2) is 5.11. The van der Waals surface area contributed by atoms with Gasteiger partial charge in [-0.05, 0) is 46.2 Å². The van der Waals surface area contributed by atoms with Crippen molar-refractivity contribution in [3.63, 3.8) is 0 Å². The monoisotopic (exact) mass is 293 g/mol. The van der Waals surface area contributed by atoms with Crippen LogP contribution in [0.3, 0.4) is 0 Å². The lowest BCUT2D eigenvalue weighted by atomic mass is 9.75. The molecule has 1 fully saturated rings. The Morgan fingerprint density at radius 3 is 2.50 bits per heavy atom. The van der Waals surface area contributed by atoms with Crippen molar-refractivity contribution >= 4 is 22.3 Å². The molecular weight excluding hydrogens is 270 g/mol. The van der Waals surface area contributed by atoms with Gasteiger partial charge in [0, 0.05) is 25.6 Å². The lowest BCUT2D eigenvalue weighted by Gasteiger charge is -2.49. The van der Waals surface area contributed by atoms with Gasteiger partial charge < -0.3 is 9.80 Å². The molecule has 2 aliphatic rings. The molecule has 0 unspecified atom stereocenters. The van der Waals surface area contributed by atoms with E-state index >= 15 is 0 Å². The van der Waals surface area contributed by atoms with Gasteiger partial charge in [0.1, 0.15) is 0 Å². The molecule has 0 aliphatic heterocycles. The number of Topliss-reactive ketones (excluding diaryl/α,β-unsaturated/α-hetero) is 1. The lowest BCUT2D eigenvalue weighted by Crippen LogP contribution is -2.56. The number of aryl methyl sites for hydroxylation is 1. The third kappa shape index (κ3) is 2.27. The van der Waals surface area contributed by atoms with Crippen LogP contribution < -0.4 is 4.90 Å². The molecule has 0 saturated heterocycles. The Morgan fingerprint density at radius 1 is 1.20 bits per heavy atom. The first kappa shape index (κ1) is 14.0. The molecule has 1 aromatic rings. The fraction of sp³-hybridized carbons (Fsp3) is 0.733. The minimum Gasteiger partial charge on any atom is -0.349 e. The van der Waals surface area contributed by atoms with Crippen molar-refractivity contribution in [2.75, 3.05) is 32.6 Å². The van der Waals surface area contributed by atoms with Crippen LogP contribution in [0.1, 0.15) is 47.5 Å². The van der Waals surface area contributed by atoms with Gasteiger partial charge in [-0.15, -0.1) is 0 Å². The van der Waals surface area contributed by atoms with Crippen LogP contribution in [0, 0.1) is 0 Å². The molecule has 0 atom stereocenters. The highest BCUT2D eigenvalue weighted by Crippen LogP contribution is 2.39. The van der Waals surface area contributed by atoms with E-state index in [0.717, 1.165) is 35.1 Å². The van der Waals surface area contributed by atoms with Gasteiger partial charge in [0.2, 0.25) is 0 Å². The number of hydrogen-bond donors (Lipinski definition) is 0. The highest BCUT2D eigenvalue weighted by Gasteiger charge is 2.40. The Bertz CT molecular complexity index is 519. The van der Waals surface area contributed by atoms with Crippen LogP contribution in [0.15, 0.2) is 0 Å². The number of hydrogen-bond acceptors (Lipinski definition) is 5. The Balaban J connectivity index is 1.78. The summed E-state index contributed by atoms with van der Waals surface area (Å²) in [5.41, 5.74) is 1.32. The second-order valence-corrected chi connectivity index (χ2v) is 7.35. The topological polar surface area (TPSA) is 36.4 Å². The number of carbonyl (C=O) groups excluding carboxylic acids is 1. The minimum absolute atomic E-state index is 0.286. The Labute approximate surface area is 124 Å². The SMILES string of the molecule is CN(CC1(N(C)C)CCC1)c1nc2c(s1)C(=O)CCC2. The number of ketones is 1. The zero-order valence-corrected chi connectivity index (χ0v) is 13.4. The first-order valence-electron chi connectivity index (χ1n) is 7.43. The van der Waals surface area contributed by atoms with Gasteiger partial charge in [-0.3, -0.25) is 4.79 Å². The van der Waals surface area contributed by atoms with Crippen molar-refractivity contribution in [2.24, 2.45) is 0 Å². The molecule has 3 rings (SSSR count). The Hall–Kier alpha value is -0.940. The van der Waals surface area contributed by atoms with Gasteiger partial charge >= 0.3 is 0 Å². The van der Waals surface area contributed by atoms with Crippen LogP contribution in [-0.4, -0.2) is 48.9 Å². The number of likely N-dealkylation sites (N-methyl/N-ethyl adjacent to an activating group) is 2. The predicted octanol–water partition coefficient (Wildman–Crippen LogP) is 2.58. The molecule has 1 aromatic heterocycles. The summed E-state index contributed by atoms with van der Waals surface area (Å²) in [5, 5.41) is 1.01. The van der Waals surface area contributed by atoms with Crippen molar-refractivity contribution in [2.45, 2.75) is 44.1 Å². The lowest BCUT2D eigenvalue weighted by molar-refractivity contribution is 0.0683. The van der Waals surface area contributed by atoms with E-state index in [2.05, 4.69) is 30.9 Å². The highest BCUT2D eigenvalue weighted by molar-refractivity contribution is 7.17. The molecule has 0 N–H and O–H groups in total. The summed E-state index contributed by atoms with van der Waals surface area (Å²) in [7, 11) is 6.45. The van der Waals surface area contributed by atoms with Gasteiger partial charge in [-0.1, -0.05) is 11.3 Å². The van der Waals surface area contributed by atoms with Gasteiger partial charge in [0.05, 0.1) is 10.6 Å². The quantitative estimate of drug-likeness (QED) is 0.855. The standard InChI is InChI=1S/C15H23N3OS/c1-17(2)15(8-5-9-15)10-18(3)14-16-11-6-4-7-12(19)13(11)20-14/h4-10H2,1-3H3. The summed E-state index contributed by atoms with van der Waals surface area (Å²) < 4.78 is 0. The summed E-state index contributed by atoms with van der Waals surface area (Å²) in [6.45, 7) is 1.00. The first-order valence-corrected chi connectivity index (χ1v) is 8.25. The normalized spacial score (nSPS) is 20.7. The van der Waals surface area contributed by atoms with E-state index in [1.54, 1.807) is 11.3 Å². The summed E-state index contributed by atoms with van der Waals surface area (Å²) in [6.07, 6.45) is 6.45. The van der Waals surface area contributed by atoms with Crippen molar-refractivity contribution in [3.05, 3.63) is 10.6 Å². The number of rotatable bonds is 4. The van der Waals surface area contributed by atoms with Crippen LogP contribution >= 0.6 is 11.3 Å². The molecule has 0 aromatic carbocycles. The number of aromatic nitrogens is 1. The van der Waals surface area contributed by atoms with Crippen LogP contribution in [0.2, 0.25) is 0 Å². The molecule has 5 heteroatoms. The molecule has 4 nitrogen and oxygen atoms in total. The van der Waals surface area contributed by atoms with Gasteiger partial charge in [-0.2, -0.15) is 0 Å². The summed E-state index contributed by atoms with van der Waals surface area (Å²) in [4.78, 5) is 22.1. The largest absolute Gasteiger partial charge is 0.349 e.